The topological polar surface area (TPSA) is 48.1 Å². The molecule has 0 radical (unpaired) electrons. The van der Waals surface area contributed by atoms with Gasteiger partial charge in [0.2, 0.25) is 0 Å². The van der Waals surface area contributed by atoms with Gasteiger partial charge >= 0.3 is 0 Å². The third kappa shape index (κ3) is 5.46. The van der Waals surface area contributed by atoms with E-state index >= 15 is 0 Å². The molecule has 0 bridgehead atoms. The summed E-state index contributed by atoms with van der Waals surface area (Å²) < 4.78 is 2.15. The Morgan fingerprint density at radius 2 is 1.19 bits per heavy atom. The molecule has 0 atom stereocenters. The number of non-ortho nitro benzene ring substituents is 1. The zero-order valence-corrected chi connectivity index (χ0v) is 22.4. The fraction of sp³-hybridized carbons (Fsp3) is 0.161. The number of fused-ring (bicyclic) bond motifs is 1. The normalized spacial score (nSPS) is 11.2. The van der Waals surface area contributed by atoms with Crippen molar-refractivity contribution in [2.45, 2.75) is 25.8 Å². The van der Waals surface area contributed by atoms with Crippen LogP contribution in [0.25, 0.3) is 10.9 Å². The smallest absolute Gasteiger partial charge is 0.278 e. The lowest BCUT2D eigenvalue weighted by molar-refractivity contribution is -0.383. The summed E-state index contributed by atoms with van der Waals surface area (Å²) in [6.45, 7) is 0.859. The van der Waals surface area contributed by atoms with E-state index in [9.17, 15) is 10.1 Å². The van der Waals surface area contributed by atoms with Crippen LogP contribution in [0.15, 0.2) is 121 Å². The number of nitro benzene ring substituents is 1. The maximum Gasteiger partial charge on any atom is 0.278 e. The van der Waals surface area contributed by atoms with Gasteiger partial charge in [-0.1, -0.05) is 60.7 Å². The fourth-order valence-electron chi connectivity index (χ4n) is 5.25. The van der Waals surface area contributed by atoms with Crippen LogP contribution in [-0.4, -0.2) is 15.7 Å². The van der Waals surface area contributed by atoms with E-state index in [1.54, 1.807) is 12.1 Å². The van der Waals surface area contributed by atoms with Gasteiger partial charge in [-0.15, -0.1) is 12.4 Å². The lowest BCUT2D eigenvalue weighted by Crippen LogP contribution is -2.33. The monoisotopic (exact) mass is 529 g/mol. The van der Waals surface area contributed by atoms with Gasteiger partial charge in [-0.25, -0.2) is 0 Å². The average Bonchev–Trinajstić information content (AvgIpc) is 3.35. The molecule has 0 unspecified atom stereocenters. The number of halogens is 1. The Hall–Kier alpha value is -3.46. The molecule has 5 rings (SSSR count). The molecule has 0 spiro atoms. The second-order valence-corrected chi connectivity index (χ2v) is 12.7. The Morgan fingerprint density at radius 1 is 0.649 bits per heavy atom. The van der Waals surface area contributed by atoms with Crippen molar-refractivity contribution in [2.75, 3.05) is 6.16 Å². The van der Waals surface area contributed by atoms with Crippen LogP contribution >= 0.6 is 19.7 Å². The standard InChI is InChI=1S/C31H30N2O2P.ClH/c34-33(35)31-21-13-20-30-29(31)22-24-32(30)23-11-4-12-25-36(26-14-5-1-6-15-26,27-16-7-2-8-17-27)28-18-9-3-10-19-28;/h1-3,5-10,13-22,24H,4,11-12,23,25H2;1H/q+1;. The first-order valence-electron chi connectivity index (χ1n) is 12.5. The molecule has 0 amide bonds. The van der Waals surface area contributed by atoms with E-state index in [4.69, 9.17) is 0 Å². The number of nitro groups is 1. The molecule has 0 aliphatic carbocycles. The number of unbranched alkanes of at least 4 members (excludes halogenated alkanes) is 2. The van der Waals surface area contributed by atoms with Gasteiger partial charge in [0.15, 0.2) is 0 Å². The van der Waals surface area contributed by atoms with Gasteiger partial charge in [0.25, 0.3) is 5.69 Å². The molecule has 188 valence electrons. The lowest BCUT2D eigenvalue weighted by atomic mass is 10.2. The minimum Gasteiger partial charge on any atom is -0.347 e. The highest BCUT2D eigenvalue weighted by molar-refractivity contribution is 7.95. The predicted octanol–water partition coefficient (Wildman–Crippen LogP) is 7.14. The van der Waals surface area contributed by atoms with Gasteiger partial charge in [0, 0.05) is 18.8 Å². The zero-order valence-electron chi connectivity index (χ0n) is 20.6. The van der Waals surface area contributed by atoms with Gasteiger partial charge in [-0.3, -0.25) is 10.1 Å². The maximum atomic E-state index is 11.4. The van der Waals surface area contributed by atoms with E-state index in [2.05, 4.69) is 95.6 Å². The van der Waals surface area contributed by atoms with Crippen molar-refractivity contribution in [3.63, 3.8) is 0 Å². The van der Waals surface area contributed by atoms with Gasteiger partial charge in [-0.2, -0.15) is 0 Å². The van der Waals surface area contributed by atoms with Gasteiger partial charge in [0.05, 0.1) is 22.0 Å². The Balaban J connectivity index is 0.00000320. The summed E-state index contributed by atoms with van der Waals surface area (Å²) in [7, 11) is -1.79. The first kappa shape index (κ1) is 26.6. The molecule has 1 aromatic heterocycles. The molecule has 6 heteroatoms. The summed E-state index contributed by atoms with van der Waals surface area (Å²) in [5.74, 6) is 0. The quantitative estimate of drug-likeness (QED) is 0.0835. The van der Waals surface area contributed by atoms with Crippen LogP contribution in [0.3, 0.4) is 0 Å². The highest BCUT2D eigenvalue weighted by Gasteiger charge is 2.44. The number of hydrogen-bond donors (Lipinski definition) is 0. The number of rotatable bonds is 10. The van der Waals surface area contributed by atoms with E-state index in [1.165, 1.54) is 15.9 Å². The molecule has 5 aromatic rings. The van der Waals surface area contributed by atoms with Crippen LogP contribution in [0.5, 0.6) is 0 Å². The zero-order chi connectivity index (χ0) is 24.8. The van der Waals surface area contributed by atoms with Gasteiger partial charge in [-0.05, 0) is 67.8 Å². The Kier molecular flexibility index (Phi) is 8.76. The van der Waals surface area contributed by atoms with Gasteiger partial charge in [0.1, 0.15) is 23.2 Å². The number of benzene rings is 4. The molecule has 0 fully saturated rings. The first-order valence-corrected chi connectivity index (χ1v) is 14.4. The molecular formula is C31H31ClN2O2P+. The molecular weight excluding hydrogens is 499 g/mol. The average molecular weight is 530 g/mol. The lowest BCUT2D eigenvalue weighted by Gasteiger charge is -2.27. The van der Waals surface area contributed by atoms with Crippen molar-refractivity contribution in [3.8, 4) is 0 Å². The molecule has 37 heavy (non-hydrogen) atoms. The molecule has 0 N–H and O–H groups in total. The third-order valence-corrected chi connectivity index (χ3v) is 11.5. The summed E-state index contributed by atoms with van der Waals surface area (Å²) in [6.07, 6.45) is 6.34. The largest absolute Gasteiger partial charge is 0.347 e. The van der Waals surface area contributed by atoms with Crippen molar-refractivity contribution in [1.82, 2.24) is 4.57 Å². The summed E-state index contributed by atoms with van der Waals surface area (Å²) in [5, 5.41) is 16.3. The molecule has 0 aliphatic heterocycles. The SMILES string of the molecule is Cl.O=[N+]([O-])c1cccc2c1ccn2CCCCC[P+](c1ccccc1)(c1ccccc1)c1ccccc1. The Bertz CT molecular complexity index is 1340. The number of aryl methyl sites for hydroxylation is 1. The molecule has 0 aliphatic rings. The summed E-state index contributed by atoms with van der Waals surface area (Å²) >= 11 is 0. The van der Waals surface area contributed by atoms with Crippen molar-refractivity contribution in [1.29, 1.82) is 0 Å². The van der Waals surface area contributed by atoms with Crippen LogP contribution < -0.4 is 15.9 Å². The molecule has 4 nitrogen and oxygen atoms in total. The van der Waals surface area contributed by atoms with Crippen molar-refractivity contribution in [3.05, 3.63) is 132 Å². The number of hydrogen-bond acceptors (Lipinski definition) is 2. The summed E-state index contributed by atoms with van der Waals surface area (Å²) in [6, 6.07) is 40.2. The van der Waals surface area contributed by atoms with E-state index in [-0.39, 0.29) is 23.0 Å². The number of aromatic nitrogens is 1. The summed E-state index contributed by atoms with van der Waals surface area (Å²) in [5.41, 5.74) is 1.11. The number of nitrogens with zero attached hydrogens (tertiary/aromatic N) is 2. The minimum atomic E-state index is -1.79. The predicted molar refractivity (Wildman–Crippen MR) is 160 cm³/mol. The molecule has 1 heterocycles. The highest BCUT2D eigenvalue weighted by Crippen LogP contribution is 2.56. The molecule has 0 saturated carbocycles. The van der Waals surface area contributed by atoms with Crippen molar-refractivity contribution in [2.24, 2.45) is 0 Å². The Labute approximate surface area is 224 Å². The molecule has 0 saturated heterocycles. The minimum absolute atomic E-state index is 0. The van der Waals surface area contributed by atoms with E-state index in [1.807, 2.05) is 18.3 Å². The van der Waals surface area contributed by atoms with E-state index in [0.717, 1.165) is 37.5 Å². The maximum absolute atomic E-state index is 11.4. The van der Waals surface area contributed by atoms with Crippen molar-refractivity contribution < 1.29 is 4.92 Å². The Morgan fingerprint density at radius 3 is 1.70 bits per heavy atom. The van der Waals surface area contributed by atoms with Crippen LogP contribution in [0.4, 0.5) is 5.69 Å². The second-order valence-electron chi connectivity index (χ2n) is 9.08. The molecule has 4 aromatic carbocycles. The van der Waals surface area contributed by atoms with Crippen LogP contribution in [0.1, 0.15) is 19.3 Å². The van der Waals surface area contributed by atoms with Crippen LogP contribution in [0, 0.1) is 10.1 Å². The summed E-state index contributed by atoms with van der Waals surface area (Å²) in [4.78, 5) is 11.1. The fourth-order valence-corrected chi connectivity index (χ4v) is 9.66. The van der Waals surface area contributed by atoms with E-state index < -0.39 is 7.26 Å². The van der Waals surface area contributed by atoms with Crippen LogP contribution in [0.2, 0.25) is 0 Å². The second kappa shape index (κ2) is 12.2. The van der Waals surface area contributed by atoms with Crippen molar-refractivity contribution >= 4 is 52.2 Å². The first-order chi connectivity index (χ1) is 17.7. The highest BCUT2D eigenvalue weighted by atomic mass is 35.5. The third-order valence-electron chi connectivity index (χ3n) is 6.97. The van der Waals surface area contributed by atoms with Gasteiger partial charge < -0.3 is 4.57 Å². The van der Waals surface area contributed by atoms with Crippen LogP contribution in [-0.2, 0) is 6.54 Å². The van der Waals surface area contributed by atoms with E-state index in [0.29, 0.717) is 5.39 Å².